The predicted molar refractivity (Wildman–Crippen MR) is 50.5 cm³/mol. The van der Waals surface area contributed by atoms with Crippen LogP contribution in [-0.2, 0) is 14.3 Å². The van der Waals surface area contributed by atoms with Gasteiger partial charge in [-0.25, -0.2) is 4.79 Å². The third-order valence-corrected chi connectivity index (χ3v) is 2.22. The molecule has 1 rings (SSSR count). The molecular weight excluding hydrogens is 220 g/mol. The maximum Gasteiger partial charge on any atom is 0.335 e. The molecule has 0 unspecified atom stereocenters. The van der Waals surface area contributed by atoms with Crippen LogP contribution in [0.25, 0.3) is 0 Å². The smallest absolute Gasteiger partial charge is 0.335 e. The van der Waals surface area contributed by atoms with Crippen molar-refractivity contribution in [1.82, 2.24) is 0 Å². The van der Waals surface area contributed by atoms with Gasteiger partial charge in [-0.05, 0) is 13.8 Å². The molecule has 1 saturated heterocycles. The molecule has 7 heteroatoms. The molecule has 1 heterocycles. The van der Waals surface area contributed by atoms with Crippen molar-refractivity contribution in [3.05, 3.63) is 0 Å². The second kappa shape index (κ2) is 5.07. The highest BCUT2D eigenvalue weighted by Crippen LogP contribution is 2.23. The number of aliphatic carboxylic acids is 1. The zero-order valence-corrected chi connectivity index (χ0v) is 8.98. The summed E-state index contributed by atoms with van der Waals surface area (Å²) in [5.41, 5.74) is 0. The number of ether oxygens (including phenoxy) is 2. The lowest BCUT2D eigenvalue weighted by Gasteiger charge is -2.39. The highest BCUT2D eigenvalue weighted by Gasteiger charge is 2.47. The minimum Gasteiger partial charge on any atom is -0.479 e. The van der Waals surface area contributed by atoms with Gasteiger partial charge in [0.05, 0.1) is 6.10 Å². The fourth-order valence-corrected chi connectivity index (χ4v) is 1.43. The second-order valence-electron chi connectivity index (χ2n) is 3.92. The lowest BCUT2D eigenvalue weighted by molar-refractivity contribution is -0.301. The molecule has 0 aromatic heterocycles. The Morgan fingerprint density at radius 2 is 1.75 bits per heavy atom. The Morgan fingerprint density at radius 3 is 2.19 bits per heavy atom. The number of rotatable bonds is 3. The molecule has 0 aromatic rings. The molecule has 7 nitrogen and oxygen atoms in total. The van der Waals surface area contributed by atoms with Gasteiger partial charge >= 0.3 is 5.97 Å². The molecule has 0 spiro atoms. The first-order chi connectivity index (χ1) is 7.34. The van der Waals surface area contributed by atoms with E-state index in [4.69, 9.17) is 14.6 Å². The standard InChI is InChI=1S/C9H16O7/c1-3(2)15-9-6(12)4(10)5(11)7(16-9)8(13)14/h3-7,9-12H,1-2H3,(H,13,14)/t4-,5-,6+,7-,9+/m0/s1. The summed E-state index contributed by atoms with van der Waals surface area (Å²) in [6, 6.07) is 0. The number of carbonyl (C=O) groups is 1. The van der Waals surface area contributed by atoms with E-state index in [1.807, 2.05) is 0 Å². The Balaban J connectivity index is 2.77. The molecule has 16 heavy (non-hydrogen) atoms. The van der Waals surface area contributed by atoms with Gasteiger partial charge in [0.15, 0.2) is 12.4 Å². The Kier molecular flexibility index (Phi) is 4.22. The van der Waals surface area contributed by atoms with E-state index in [-0.39, 0.29) is 6.10 Å². The van der Waals surface area contributed by atoms with Gasteiger partial charge in [-0.1, -0.05) is 0 Å². The molecule has 0 radical (unpaired) electrons. The second-order valence-corrected chi connectivity index (χ2v) is 3.92. The van der Waals surface area contributed by atoms with Crippen LogP contribution in [0.4, 0.5) is 0 Å². The van der Waals surface area contributed by atoms with Gasteiger partial charge in [-0.3, -0.25) is 0 Å². The van der Waals surface area contributed by atoms with E-state index < -0.39 is 36.7 Å². The third kappa shape index (κ3) is 2.69. The van der Waals surface area contributed by atoms with Gasteiger partial charge in [0.1, 0.15) is 18.3 Å². The van der Waals surface area contributed by atoms with Gasteiger partial charge in [0.2, 0.25) is 0 Å². The van der Waals surface area contributed by atoms with Crippen molar-refractivity contribution in [2.24, 2.45) is 0 Å². The van der Waals surface area contributed by atoms with Crippen molar-refractivity contribution in [2.45, 2.75) is 50.7 Å². The van der Waals surface area contributed by atoms with Gasteiger partial charge in [-0.15, -0.1) is 0 Å². The van der Waals surface area contributed by atoms with Crippen LogP contribution < -0.4 is 0 Å². The normalized spacial score (nSPS) is 40.0. The van der Waals surface area contributed by atoms with Gasteiger partial charge in [-0.2, -0.15) is 0 Å². The molecule has 1 aliphatic rings. The summed E-state index contributed by atoms with van der Waals surface area (Å²) in [4.78, 5) is 10.7. The molecule has 0 bridgehead atoms. The molecule has 4 N–H and O–H groups in total. The van der Waals surface area contributed by atoms with Gasteiger partial charge in [0, 0.05) is 0 Å². The number of hydrogen-bond acceptors (Lipinski definition) is 6. The van der Waals surface area contributed by atoms with Crippen LogP contribution in [-0.4, -0.2) is 63.2 Å². The molecular formula is C9H16O7. The van der Waals surface area contributed by atoms with Crippen molar-refractivity contribution >= 4 is 5.97 Å². The average Bonchev–Trinajstić information content (AvgIpc) is 2.18. The average molecular weight is 236 g/mol. The summed E-state index contributed by atoms with van der Waals surface area (Å²) in [5, 5.41) is 37.0. The lowest BCUT2D eigenvalue weighted by atomic mass is 9.99. The van der Waals surface area contributed by atoms with Crippen LogP contribution >= 0.6 is 0 Å². The van der Waals surface area contributed by atoms with Gasteiger partial charge in [0.25, 0.3) is 0 Å². The van der Waals surface area contributed by atoms with Crippen molar-refractivity contribution < 1.29 is 34.7 Å². The molecule has 0 aliphatic carbocycles. The molecule has 0 saturated carbocycles. The first kappa shape index (κ1) is 13.3. The topological polar surface area (TPSA) is 116 Å². The Morgan fingerprint density at radius 1 is 1.19 bits per heavy atom. The lowest BCUT2D eigenvalue weighted by Crippen LogP contribution is -2.60. The summed E-state index contributed by atoms with van der Waals surface area (Å²) in [6.07, 6.45) is -7.95. The summed E-state index contributed by atoms with van der Waals surface area (Å²) < 4.78 is 9.97. The SMILES string of the molecule is CC(C)O[C@@H]1O[C@H](C(=O)O)[C@@H](O)[C@H](O)[C@H]1O. The van der Waals surface area contributed by atoms with Crippen molar-refractivity contribution in [3.8, 4) is 0 Å². The predicted octanol–water partition coefficient (Wildman–Crippen LogP) is -1.70. The Bertz CT molecular complexity index is 254. The number of aliphatic hydroxyl groups excluding tert-OH is 3. The minimum atomic E-state index is -1.68. The van der Waals surface area contributed by atoms with E-state index in [0.29, 0.717) is 0 Å². The van der Waals surface area contributed by atoms with Crippen LogP contribution in [0.3, 0.4) is 0 Å². The molecule has 1 aliphatic heterocycles. The van der Waals surface area contributed by atoms with E-state index in [1.54, 1.807) is 13.8 Å². The van der Waals surface area contributed by atoms with E-state index in [0.717, 1.165) is 0 Å². The van der Waals surface area contributed by atoms with Crippen molar-refractivity contribution in [1.29, 1.82) is 0 Å². The first-order valence-electron chi connectivity index (χ1n) is 4.92. The van der Waals surface area contributed by atoms with Crippen molar-refractivity contribution in [2.75, 3.05) is 0 Å². The van der Waals surface area contributed by atoms with E-state index >= 15 is 0 Å². The fourth-order valence-electron chi connectivity index (χ4n) is 1.43. The number of carboxylic acids is 1. The number of aliphatic hydroxyl groups is 3. The third-order valence-electron chi connectivity index (χ3n) is 2.22. The van der Waals surface area contributed by atoms with E-state index in [2.05, 4.69) is 0 Å². The number of hydrogen-bond donors (Lipinski definition) is 4. The van der Waals surface area contributed by atoms with Crippen LogP contribution in [0.15, 0.2) is 0 Å². The Labute approximate surface area is 92.2 Å². The highest BCUT2D eigenvalue weighted by atomic mass is 16.7. The fraction of sp³-hybridized carbons (Fsp3) is 0.889. The zero-order valence-electron chi connectivity index (χ0n) is 8.98. The highest BCUT2D eigenvalue weighted by molar-refractivity contribution is 5.73. The largest absolute Gasteiger partial charge is 0.479 e. The zero-order chi connectivity index (χ0) is 12.5. The molecule has 0 amide bonds. The Hall–Kier alpha value is -0.730. The first-order valence-corrected chi connectivity index (χ1v) is 4.92. The van der Waals surface area contributed by atoms with Crippen LogP contribution in [0.2, 0.25) is 0 Å². The minimum absolute atomic E-state index is 0.309. The summed E-state index contributed by atoms with van der Waals surface area (Å²) in [7, 11) is 0. The quantitative estimate of drug-likeness (QED) is 0.461. The van der Waals surface area contributed by atoms with Crippen LogP contribution in [0.5, 0.6) is 0 Å². The van der Waals surface area contributed by atoms with E-state index in [9.17, 15) is 20.1 Å². The monoisotopic (exact) mass is 236 g/mol. The summed E-state index contributed by atoms with van der Waals surface area (Å²) >= 11 is 0. The molecule has 94 valence electrons. The van der Waals surface area contributed by atoms with Gasteiger partial charge < -0.3 is 29.9 Å². The maximum atomic E-state index is 10.7. The maximum absolute atomic E-state index is 10.7. The summed E-state index contributed by atoms with van der Waals surface area (Å²) in [5.74, 6) is -1.42. The summed E-state index contributed by atoms with van der Waals surface area (Å²) in [6.45, 7) is 3.34. The van der Waals surface area contributed by atoms with Crippen molar-refractivity contribution in [3.63, 3.8) is 0 Å². The number of carboxylic acid groups (broad SMARTS) is 1. The van der Waals surface area contributed by atoms with Crippen LogP contribution in [0, 0.1) is 0 Å². The molecule has 1 fully saturated rings. The van der Waals surface area contributed by atoms with E-state index in [1.165, 1.54) is 0 Å². The molecule has 0 aromatic carbocycles. The molecule has 5 atom stereocenters. The van der Waals surface area contributed by atoms with Crippen LogP contribution in [0.1, 0.15) is 13.8 Å².